The van der Waals surface area contributed by atoms with Crippen molar-refractivity contribution in [2.75, 3.05) is 17.2 Å². The second-order valence-corrected chi connectivity index (χ2v) is 7.77. The molecule has 3 heterocycles. The highest BCUT2D eigenvalue weighted by atomic mass is 16.5. The van der Waals surface area contributed by atoms with E-state index in [1.54, 1.807) is 18.2 Å². The van der Waals surface area contributed by atoms with E-state index in [0.29, 0.717) is 34.6 Å². The number of ether oxygens (including phenoxy) is 1. The number of benzene rings is 1. The van der Waals surface area contributed by atoms with Gasteiger partial charge in [-0.3, -0.25) is 19.2 Å². The molecule has 0 unspecified atom stereocenters. The monoisotopic (exact) mass is 450 g/mol. The van der Waals surface area contributed by atoms with E-state index in [2.05, 4.69) is 30.9 Å². The maximum Gasteiger partial charge on any atom is 0.307 e. The Morgan fingerprint density at radius 1 is 1.21 bits per heavy atom. The van der Waals surface area contributed by atoms with Crippen LogP contribution in [0.15, 0.2) is 30.7 Å². The molecule has 1 aliphatic carbocycles. The molecule has 3 aromatic rings. The Kier molecular flexibility index (Phi) is 4.89. The minimum absolute atomic E-state index is 0.0355. The highest BCUT2D eigenvalue weighted by molar-refractivity contribution is 6.09. The van der Waals surface area contributed by atoms with E-state index in [4.69, 9.17) is 9.84 Å². The van der Waals surface area contributed by atoms with Crippen molar-refractivity contribution in [1.82, 2.24) is 20.3 Å². The number of aliphatic carboxylic acids is 1. The molecule has 0 saturated heterocycles. The number of amides is 3. The first kappa shape index (κ1) is 20.4. The number of H-pyrrole nitrogens is 1. The molecule has 5 rings (SSSR count). The number of carboxylic acid groups (broad SMARTS) is 1. The van der Waals surface area contributed by atoms with Crippen molar-refractivity contribution in [3.63, 3.8) is 0 Å². The van der Waals surface area contributed by atoms with Crippen molar-refractivity contribution in [1.29, 1.82) is 0 Å². The first-order valence-electron chi connectivity index (χ1n) is 10.1. The summed E-state index contributed by atoms with van der Waals surface area (Å²) in [5, 5.41) is 17.1. The maximum absolute atomic E-state index is 12.8. The topological polar surface area (TPSA) is 175 Å². The van der Waals surface area contributed by atoms with Gasteiger partial charge in [-0.25, -0.2) is 9.97 Å². The maximum atomic E-state index is 12.8. The Morgan fingerprint density at radius 3 is 2.85 bits per heavy atom. The molecule has 2 aliphatic rings. The molecule has 2 atom stereocenters. The van der Waals surface area contributed by atoms with Gasteiger partial charge < -0.3 is 30.8 Å². The Balaban J connectivity index is 1.28. The van der Waals surface area contributed by atoms with Gasteiger partial charge in [0, 0.05) is 12.7 Å². The van der Waals surface area contributed by atoms with Crippen molar-refractivity contribution in [2.24, 2.45) is 11.8 Å². The summed E-state index contributed by atoms with van der Waals surface area (Å²) in [6.07, 6.45) is 2.99. The minimum Gasteiger partial charge on any atom is -0.482 e. The first-order chi connectivity index (χ1) is 15.9. The molecular formula is C21H18N6O6. The van der Waals surface area contributed by atoms with Crippen molar-refractivity contribution in [3.8, 4) is 5.75 Å². The second-order valence-electron chi connectivity index (χ2n) is 7.77. The van der Waals surface area contributed by atoms with Crippen LogP contribution >= 0.6 is 0 Å². The molecule has 12 heteroatoms. The highest BCUT2D eigenvalue weighted by Gasteiger charge is 2.48. The van der Waals surface area contributed by atoms with Crippen LogP contribution in [-0.2, 0) is 20.9 Å². The molecule has 1 aliphatic heterocycles. The normalized spacial score (nSPS) is 18.6. The fourth-order valence-corrected chi connectivity index (χ4v) is 3.70. The summed E-state index contributed by atoms with van der Waals surface area (Å²) in [6.45, 7) is 0.141. The quantitative estimate of drug-likeness (QED) is 0.368. The van der Waals surface area contributed by atoms with Crippen LogP contribution in [0.1, 0.15) is 22.5 Å². The van der Waals surface area contributed by atoms with E-state index in [-0.39, 0.29) is 24.8 Å². The summed E-state index contributed by atoms with van der Waals surface area (Å²) in [5.74, 6) is -2.81. The van der Waals surface area contributed by atoms with Gasteiger partial charge in [0.15, 0.2) is 12.3 Å². The van der Waals surface area contributed by atoms with Crippen LogP contribution in [0.5, 0.6) is 5.75 Å². The summed E-state index contributed by atoms with van der Waals surface area (Å²) >= 11 is 0. The Bertz CT molecular complexity index is 1320. The van der Waals surface area contributed by atoms with Crippen LogP contribution in [-0.4, -0.2) is 50.4 Å². The molecule has 12 nitrogen and oxygen atoms in total. The average Bonchev–Trinajstić information content (AvgIpc) is 3.52. The number of fused-ring (bicyclic) bond motifs is 2. The van der Waals surface area contributed by atoms with Gasteiger partial charge in [-0.2, -0.15) is 0 Å². The van der Waals surface area contributed by atoms with Crippen molar-refractivity contribution in [3.05, 3.63) is 42.0 Å². The fourth-order valence-electron chi connectivity index (χ4n) is 3.70. The molecule has 33 heavy (non-hydrogen) atoms. The molecule has 0 radical (unpaired) electrons. The van der Waals surface area contributed by atoms with E-state index in [1.165, 1.54) is 12.5 Å². The number of carbonyl (C=O) groups excluding carboxylic acids is 3. The van der Waals surface area contributed by atoms with E-state index in [0.717, 1.165) is 5.56 Å². The molecule has 1 fully saturated rings. The standard InChI is InChI=1S/C21H18N6O6/c28-15-7-33-14-2-1-9(3-12(14)26-15)5-23-20(30)18-17-16(24-8-25-18)13(6-22-17)27-19(29)10-4-11(10)21(31)32/h1-3,6,8,10-11,22H,4-5,7H2,(H,23,30)(H,26,28)(H,27,29)(H,31,32)/t10-,11-/m1/s1. The molecule has 0 bridgehead atoms. The predicted molar refractivity (Wildman–Crippen MR) is 113 cm³/mol. The Labute approximate surface area is 185 Å². The largest absolute Gasteiger partial charge is 0.482 e. The van der Waals surface area contributed by atoms with Crippen LogP contribution in [0.3, 0.4) is 0 Å². The van der Waals surface area contributed by atoms with Crippen LogP contribution in [0.2, 0.25) is 0 Å². The number of nitrogens with zero attached hydrogens (tertiary/aromatic N) is 2. The lowest BCUT2D eigenvalue weighted by Gasteiger charge is -2.18. The number of anilines is 2. The lowest BCUT2D eigenvalue weighted by Crippen LogP contribution is -2.26. The van der Waals surface area contributed by atoms with E-state index in [1.807, 2.05) is 0 Å². The number of aromatic nitrogens is 3. The summed E-state index contributed by atoms with van der Waals surface area (Å²) in [6, 6.07) is 5.21. The summed E-state index contributed by atoms with van der Waals surface area (Å²) in [4.78, 5) is 58.6. The number of carboxylic acids is 1. The molecule has 1 aromatic carbocycles. The number of nitrogens with one attached hydrogen (secondary N) is 4. The number of hydrogen-bond donors (Lipinski definition) is 5. The third-order valence-electron chi connectivity index (χ3n) is 5.51. The summed E-state index contributed by atoms with van der Waals surface area (Å²) < 4.78 is 5.32. The van der Waals surface area contributed by atoms with Crippen LogP contribution in [0, 0.1) is 11.8 Å². The van der Waals surface area contributed by atoms with E-state index in [9.17, 15) is 19.2 Å². The van der Waals surface area contributed by atoms with Gasteiger partial charge in [0.2, 0.25) is 5.91 Å². The smallest absolute Gasteiger partial charge is 0.307 e. The second kappa shape index (κ2) is 7.89. The zero-order valence-corrected chi connectivity index (χ0v) is 17.0. The van der Waals surface area contributed by atoms with Gasteiger partial charge in [0.1, 0.15) is 17.6 Å². The van der Waals surface area contributed by atoms with Crippen molar-refractivity contribution < 1.29 is 29.0 Å². The predicted octanol–water partition coefficient (Wildman–Crippen LogP) is 0.878. The molecule has 2 aromatic heterocycles. The van der Waals surface area contributed by atoms with Crippen molar-refractivity contribution >= 4 is 46.1 Å². The molecule has 0 spiro atoms. The van der Waals surface area contributed by atoms with Gasteiger partial charge in [0.05, 0.1) is 28.7 Å². The van der Waals surface area contributed by atoms with Crippen LogP contribution in [0.25, 0.3) is 11.0 Å². The molecule has 3 amide bonds. The molecule has 168 valence electrons. The zero-order valence-electron chi connectivity index (χ0n) is 17.0. The lowest BCUT2D eigenvalue weighted by molar-refractivity contribution is -0.139. The van der Waals surface area contributed by atoms with Gasteiger partial charge in [-0.05, 0) is 24.1 Å². The van der Waals surface area contributed by atoms with Gasteiger partial charge in [0.25, 0.3) is 11.8 Å². The van der Waals surface area contributed by atoms with E-state index >= 15 is 0 Å². The summed E-state index contributed by atoms with van der Waals surface area (Å²) in [7, 11) is 0. The van der Waals surface area contributed by atoms with Crippen molar-refractivity contribution in [2.45, 2.75) is 13.0 Å². The first-order valence-corrected chi connectivity index (χ1v) is 10.1. The lowest BCUT2D eigenvalue weighted by atomic mass is 10.1. The number of carbonyl (C=O) groups is 4. The number of hydrogen-bond acceptors (Lipinski definition) is 7. The van der Waals surface area contributed by atoms with Crippen LogP contribution < -0.4 is 20.7 Å². The minimum atomic E-state index is -0.996. The average molecular weight is 450 g/mol. The number of rotatable bonds is 6. The SMILES string of the molecule is O=C1COc2ccc(CNC(=O)c3ncnc4c(NC(=O)[C@@H]5C[C@H]5C(=O)O)c[nH]c34)cc2N1. The molecule has 5 N–H and O–H groups in total. The third-order valence-corrected chi connectivity index (χ3v) is 5.51. The molecule has 1 saturated carbocycles. The van der Waals surface area contributed by atoms with E-state index < -0.39 is 29.6 Å². The van der Waals surface area contributed by atoms with Gasteiger partial charge >= 0.3 is 5.97 Å². The fraction of sp³-hybridized carbons (Fsp3) is 0.238. The van der Waals surface area contributed by atoms with Crippen LogP contribution in [0.4, 0.5) is 11.4 Å². The number of aromatic amines is 1. The third kappa shape index (κ3) is 3.93. The Hall–Kier alpha value is -4.48. The molecular weight excluding hydrogens is 432 g/mol. The highest BCUT2D eigenvalue weighted by Crippen LogP contribution is 2.39. The van der Waals surface area contributed by atoms with Gasteiger partial charge in [-0.1, -0.05) is 6.07 Å². The zero-order chi connectivity index (χ0) is 23.1. The summed E-state index contributed by atoms with van der Waals surface area (Å²) in [5.41, 5.74) is 2.38. The van der Waals surface area contributed by atoms with Gasteiger partial charge in [-0.15, -0.1) is 0 Å². The Morgan fingerprint density at radius 2 is 2.06 bits per heavy atom.